The Morgan fingerprint density at radius 1 is 1.10 bits per heavy atom. The van der Waals surface area contributed by atoms with Crippen molar-refractivity contribution in [1.82, 2.24) is 9.55 Å². The fourth-order valence-corrected chi connectivity index (χ4v) is 2.71. The molecule has 0 bridgehead atoms. The van der Waals surface area contributed by atoms with Crippen LogP contribution in [0.5, 0.6) is 0 Å². The van der Waals surface area contributed by atoms with Crippen molar-refractivity contribution in [2.75, 3.05) is 5.32 Å². The zero-order valence-corrected chi connectivity index (χ0v) is 12.6. The van der Waals surface area contributed by atoms with E-state index in [1.165, 1.54) is 0 Å². The van der Waals surface area contributed by atoms with Crippen LogP contribution in [0.2, 0.25) is 10.0 Å². The summed E-state index contributed by atoms with van der Waals surface area (Å²) in [6, 6.07) is 12.6. The first kappa shape index (κ1) is 13.9. The number of nitrogens with one attached hydrogen (secondary N) is 1. The Balaban J connectivity index is 1.99. The van der Waals surface area contributed by atoms with Gasteiger partial charge in [0.1, 0.15) is 0 Å². The van der Waals surface area contributed by atoms with Crippen molar-refractivity contribution in [2.24, 2.45) is 7.05 Å². The molecular formula is C15H11Cl2N3O. The van der Waals surface area contributed by atoms with Crippen molar-refractivity contribution in [3.63, 3.8) is 0 Å². The first-order chi connectivity index (χ1) is 10.1. The van der Waals surface area contributed by atoms with Crippen LogP contribution in [0.4, 0.5) is 5.95 Å². The van der Waals surface area contributed by atoms with Crippen molar-refractivity contribution >= 4 is 46.1 Å². The molecule has 0 aliphatic heterocycles. The minimum Gasteiger partial charge on any atom is -0.313 e. The molecule has 0 atom stereocenters. The number of para-hydroxylation sites is 2. The van der Waals surface area contributed by atoms with Gasteiger partial charge in [0.05, 0.1) is 26.6 Å². The fourth-order valence-electron chi connectivity index (χ4n) is 2.14. The highest BCUT2D eigenvalue weighted by Gasteiger charge is 2.17. The number of imidazole rings is 1. The Kier molecular flexibility index (Phi) is 3.57. The van der Waals surface area contributed by atoms with E-state index in [1.54, 1.807) is 22.8 Å². The smallest absolute Gasteiger partial charge is 0.261 e. The number of aryl methyl sites for hydroxylation is 1. The van der Waals surface area contributed by atoms with Crippen LogP contribution in [0.1, 0.15) is 10.4 Å². The maximum atomic E-state index is 12.4. The Morgan fingerprint density at radius 3 is 2.43 bits per heavy atom. The summed E-state index contributed by atoms with van der Waals surface area (Å²) >= 11 is 12.1. The van der Waals surface area contributed by atoms with Crippen molar-refractivity contribution in [2.45, 2.75) is 0 Å². The third-order valence-corrected chi connectivity index (χ3v) is 3.83. The highest BCUT2D eigenvalue weighted by molar-refractivity contribution is 6.40. The number of aromatic nitrogens is 2. The van der Waals surface area contributed by atoms with Crippen molar-refractivity contribution in [3.8, 4) is 0 Å². The molecule has 0 radical (unpaired) electrons. The molecule has 0 aliphatic rings. The van der Waals surface area contributed by atoms with Gasteiger partial charge in [-0.3, -0.25) is 10.1 Å². The number of nitrogens with zero attached hydrogens (tertiary/aromatic N) is 2. The molecule has 3 aromatic rings. The second-order valence-electron chi connectivity index (χ2n) is 4.53. The zero-order valence-electron chi connectivity index (χ0n) is 11.1. The minimum atomic E-state index is -0.385. The molecule has 0 saturated heterocycles. The second-order valence-corrected chi connectivity index (χ2v) is 5.35. The number of benzene rings is 2. The van der Waals surface area contributed by atoms with Gasteiger partial charge in [-0.25, -0.2) is 4.98 Å². The highest BCUT2D eigenvalue weighted by Crippen LogP contribution is 2.25. The van der Waals surface area contributed by atoms with Gasteiger partial charge in [-0.05, 0) is 24.3 Å². The summed E-state index contributed by atoms with van der Waals surface area (Å²) in [5.41, 5.74) is 1.98. The van der Waals surface area contributed by atoms with Crippen LogP contribution < -0.4 is 5.32 Å². The van der Waals surface area contributed by atoms with Crippen LogP contribution in [0.3, 0.4) is 0 Å². The molecule has 21 heavy (non-hydrogen) atoms. The lowest BCUT2D eigenvalue weighted by Gasteiger charge is -2.08. The molecule has 0 fully saturated rings. The molecule has 3 rings (SSSR count). The fraction of sp³-hybridized carbons (Fsp3) is 0.0667. The van der Waals surface area contributed by atoms with Gasteiger partial charge in [0, 0.05) is 7.05 Å². The van der Waals surface area contributed by atoms with Crippen molar-refractivity contribution in [3.05, 3.63) is 58.1 Å². The van der Waals surface area contributed by atoms with E-state index in [4.69, 9.17) is 23.2 Å². The molecule has 0 spiro atoms. The van der Waals surface area contributed by atoms with Gasteiger partial charge >= 0.3 is 0 Å². The standard InChI is InChI=1S/C15H11Cl2N3O/c1-20-12-8-3-2-7-11(12)18-15(20)19-14(21)13-9(16)5-4-6-10(13)17/h2-8H,1H3,(H,18,19,21). The molecular weight excluding hydrogens is 309 g/mol. The summed E-state index contributed by atoms with van der Waals surface area (Å²) in [4.78, 5) is 16.7. The van der Waals surface area contributed by atoms with Crippen LogP contribution >= 0.6 is 23.2 Å². The largest absolute Gasteiger partial charge is 0.313 e. The van der Waals surface area contributed by atoms with Crippen LogP contribution in [0.15, 0.2) is 42.5 Å². The van der Waals surface area contributed by atoms with E-state index in [-0.39, 0.29) is 11.5 Å². The number of carbonyl (C=O) groups is 1. The number of halogens is 2. The molecule has 4 nitrogen and oxygen atoms in total. The summed E-state index contributed by atoms with van der Waals surface area (Å²) in [5.74, 6) is 0.0567. The lowest BCUT2D eigenvalue weighted by Crippen LogP contribution is -2.16. The average molecular weight is 320 g/mol. The van der Waals surface area contributed by atoms with Gasteiger partial charge in [-0.1, -0.05) is 41.4 Å². The van der Waals surface area contributed by atoms with Crippen LogP contribution in [0.25, 0.3) is 11.0 Å². The van der Waals surface area contributed by atoms with E-state index in [1.807, 2.05) is 31.3 Å². The zero-order chi connectivity index (χ0) is 15.0. The Labute approximate surface area is 131 Å². The predicted octanol–water partition coefficient (Wildman–Crippen LogP) is 4.13. The lowest BCUT2D eigenvalue weighted by molar-refractivity contribution is 0.102. The van der Waals surface area contributed by atoms with E-state index in [2.05, 4.69) is 10.3 Å². The molecule has 0 saturated carbocycles. The summed E-state index contributed by atoms with van der Waals surface area (Å²) in [5, 5.41) is 3.35. The summed E-state index contributed by atoms with van der Waals surface area (Å²) in [6.07, 6.45) is 0. The van der Waals surface area contributed by atoms with E-state index in [0.717, 1.165) is 11.0 Å². The van der Waals surface area contributed by atoms with Crippen molar-refractivity contribution in [1.29, 1.82) is 0 Å². The molecule has 106 valence electrons. The Hall–Kier alpha value is -2.04. The van der Waals surface area contributed by atoms with Gasteiger partial charge < -0.3 is 4.57 Å². The molecule has 1 heterocycles. The monoisotopic (exact) mass is 319 g/mol. The second kappa shape index (κ2) is 5.39. The number of anilines is 1. The molecule has 1 aromatic heterocycles. The molecule has 2 aromatic carbocycles. The van der Waals surface area contributed by atoms with E-state index in [0.29, 0.717) is 16.0 Å². The van der Waals surface area contributed by atoms with E-state index < -0.39 is 0 Å². The summed E-state index contributed by atoms with van der Waals surface area (Å²) < 4.78 is 1.80. The number of fused-ring (bicyclic) bond motifs is 1. The van der Waals surface area contributed by atoms with Crippen LogP contribution in [-0.4, -0.2) is 15.5 Å². The number of carbonyl (C=O) groups excluding carboxylic acids is 1. The highest BCUT2D eigenvalue weighted by atomic mass is 35.5. The minimum absolute atomic E-state index is 0.243. The average Bonchev–Trinajstić information content (AvgIpc) is 2.76. The SMILES string of the molecule is Cn1c(NC(=O)c2c(Cl)cccc2Cl)nc2ccccc21. The van der Waals surface area contributed by atoms with Gasteiger partial charge in [0.2, 0.25) is 5.95 Å². The van der Waals surface area contributed by atoms with Crippen molar-refractivity contribution < 1.29 is 4.79 Å². The number of hydrogen-bond donors (Lipinski definition) is 1. The van der Waals surface area contributed by atoms with Gasteiger partial charge in [-0.15, -0.1) is 0 Å². The number of amides is 1. The maximum absolute atomic E-state index is 12.4. The molecule has 1 amide bonds. The normalized spacial score (nSPS) is 10.8. The van der Waals surface area contributed by atoms with E-state index in [9.17, 15) is 4.79 Å². The molecule has 1 N–H and O–H groups in total. The molecule has 6 heteroatoms. The van der Waals surface area contributed by atoms with Crippen LogP contribution in [0, 0.1) is 0 Å². The Bertz CT molecular complexity index is 822. The first-order valence-electron chi connectivity index (χ1n) is 6.25. The van der Waals surface area contributed by atoms with Gasteiger partial charge in [-0.2, -0.15) is 0 Å². The maximum Gasteiger partial charge on any atom is 0.261 e. The number of rotatable bonds is 2. The topological polar surface area (TPSA) is 46.9 Å². The molecule has 0 aliphatic carbocycles. The van der Waals surface area contributed by atoms with Gasteiger partial charge in [0.25, 0.3) is 5.91 Å². The quantitative estimate of drug-likeness (QED) is 0.771. The molecule has 0 unspecified atom stereocenters. The summed E-state index contributed by atoms with van der Waals surface area (Å²) in [7, 11) is 1.83. The predicted molar refractivity (Wildman–Crippen MR) is 85.1 cm³/mol. The van der Waals surface area contributed by atoms with E-state index >= 15 is 0 Å². The van der Waals surface area contributed by atoms with Gasteiger partial charge in [0.15, 0.2) is 0 Å². The first-order valence-corrected chi connectivity index (χ1v) is 7.00. The Morgan fingerprint density at radius 2 is 1.76 bits per heavy atom. The third-order valence-electron chi connectivity index (χ3n) is 3.20. The van der Waals surface area contributed by atoms with Crippen LogP contribution in [-0.2, 0) is 7.05 Å². The summed E-state index contributed by atoms with van der Waals surface area (Å²) in [6.45, 7) is 0. The third kappa shape index (κ3) is 2.48. The lowest BCUT2D eigenvalue weighted by atomic mass is 10.2. The number of hydrogen-bond acceptors (Lipinski definition) is 2.